The van der Waals surface area contributed by atoms with Gasteiger partial charge in [-0.3, -0.25) is 9.78 Å². The number of pyridine rings is 1. The highest BCUT2D eigenvalue weighted by molar-refractivity contribution is 6.05. The monoisotopic (exact) mass is 330 g/mol. The summed E-state index contributed by atoms with van der Waals surface area (Å²) in [6, 6.07) is 16.8. The fourth-order valence-electron chi connectivity index (χ4n) is 2.25. The van der Waals surface area contributed by atoms with Crippen LogP contribution in [0.3, 0.4) is 0 Å². The van der Waals surface area contributed by atoms with Crippen LogP contribution in [-0.2, 0) is 0 Å². The summed E-state index contributed by atoms with van der Waals surface area (Å²) < 4.78 is 0. The lowest BCUT2D eigenvalue weighted by atomic mass is 10.2. The standard InChI is InChI=1S/C20H18N4O/c1-14-3-6-17(7-4-14)23-24-19-13-15(2)5-8-18(19)22-20(25)16-9-11-21-12-10-16/h3-13H,1-2H3,(H,22,25). The first-order valence-electron chi connectivity index (χ1n) is 7.92. The highest BCUT2D eigenvalue weighted by Gasteiger charge is 2.09. The zero-order chi connectivity index (χ0) is 17.6. The molecule has 5 heteroatoms. The van der Waals surface area contributed by atoms with Crippen molar-refractivity contribution in [3.63, 3.8) is 0 Å². The number of aryl methyl sites for hydroxylation is 2. The van der Waals surface area contributed by atoms with Crippen molar-refractivity contribution in [1.82, 2.24) is 4.98 Å². The van der Waals surface area contributed by atoms with Crippen molar-refractivity contribution in [2.24, 2.45) is 10.2 Å². The molecule has 1 amide bonds. The maximum atomic E-state index is 12.4. The van der Waals surface area contributed by atoms with Crippen molar-refractivity contribution in [3.8, 4) is 0 Å². The van der Waals surface area contributed by atoms with E-state index in [9.17, 15) is 4.79 Å². The van der Waals surface area contributed by atoms with Gasteiger partial charge in [0.05, 0.1) is 11.4 Å². The third-order valence-corrected chi connectivity index (χ3v) is 3.65. The van der Waals surface area contributed by atoms with Crippen LogP contribution in [0.5, 0.6) is 0 Å². The van der Waals surface area contributed by atoms with E-state index >= 15 is 0 Å². The largest absolute Gasteiger partial charge is 0.320 e. The van der Waals surface area contributed by atoms with Crippen LogP contribution in [0, 0.1) is 13.8 Å². The van der Waals surface area contributed by atoms with Gasteiger partial charge >= 0.3 is 0 Å². The first kappa shape index (κ1) is 16.5. The maximum absolute atomic E-state index is 12.4. The highest BCUT2D eigenvalue weighted by atomic mass is 16.1. The fraction of sp³-hybridized carbons (Fsp3) is 0.100. The molecule has 25 heavy (non-hydrogen) atoms. The second-order valence-corrected chi connectivity index (χ2v) is 5.75. The molecule has 0 bridgehead atoms. The van der Waals surface area contributed by atoms with Gasteiger partial charge in [-0.25, -0.2) is 0 Å². The van der Waals surface area contributed by atoms with E-state index in [0.29, 0.717) is 16.9 Å². The van der Waals surface area contributed by atoms with E-state index < -0.39 is 0 Å². The summed E-state index contributed by atoms with van der Waals surface area (Å²) in [5.41, 5.74) is 4.74. The van der Waals surface area contributed by atoms with Gasteiger partial charge in [0.15, 0.2) is 0 Å². The normalized spacial score (nSPS) is 10.8. The molecule has 1 N–H and O–H groups in total. The van der Waals surface area contributed by atoms with Gasteiger partial charge in [0.2, 0.25) is 0 Å². The Bertz CT molecular complexity index is 903. The van der Waals surface area contributed by atoms with Gasteiger partial charge in [0.1, 0.15) is 5.69 Å². The molecule has 0 aliphatic carbocycles. The molecule has 0 spiro atoms. The van der Waals surface area contributed by atoms with Gasteiger partial charge in [0, 0.05) is 18.0 Å². The topological polar surface area (TPSA) is 66.7 Å². The Morgan fingerprint density at radius 1 is 0.880 bits per heavy atom. The van der Waals surface area contributed by atoms with Gasteiger partial charge in [-0.15, -0.1) is 5.11 Å². The third-order valence-electron chi connectivity index (χ3n) is 3.65. The second kappa shape index (κ2) is 7.49. The van der Waals surface area contributed by atoms with Crippen LogP contribution in [0.15, 0.2) is 77.2 Å². The lowest BCUT2D eigenvalue weighted by Crippen LogP contribution is -2.11. The van der Waals surface area contributed by atoms with E-state index in [1.807, 2.05) is 56.3 Å². The molecule has 3 rings (SSSR count). The molecule has 0 aliphatic heterocycles. The fourth-order valence-corrected chi connectivity index (χ4v) is 2.25. The number of azo groups is 1. The molecule has 0 radical (unpaired) electrons. The summed E-state index contributed by atoms with van der Waals surface area (Å²) in [4.78, 5) is 16.3. The first-order valence-corrected chi connectivity index (χ1v) is 7.92. The number of carbonyl (C=O) groups excluding carboxylic acids is 1. The smallest absolute Gasteiger partial charge is 0.255 e. The minimum Gasteiger partial charge on any atom is -0.320 e. The molecule has 0 saturated heterocycles. The predicted molar refractivity (Wildman–Crippen MR) is 98.7 cm³/mol. The van der Waals surface area contributed by atoms with Gasteiger partial charge in [-0.1, -0.05) is 23.8 Å². The molecule has 0 fully saturated rings. The minimum atomic E-state index is -0.210. The van der Waals surface area contributed by atoms with E-state index in [1.165, 1.54) is 5.56 Å². The van der Waals surface area contributed by atoms with Crippen molar-refractivity contribution in [2.75, 3.05) is 5.32 Å². The van der Waals surface area contributed by atoms with Gasteiger partial charge < -0.3 is 5.32 Å². The number of nitrogens with one attached hydrogen (secondary N) is 1. The Labute approximate surface area is 146 Å². The van der Waals surface area contributed by atoms with E-state index in [1.54, 1.807) is 24.5 Å². The SMILES string of the molecule is Cc1ccc(N=Nc2cc(C)ccc2NC(=O)c2ccncc2)cc1. The molecule has 2 aromatic carbocycles. The number of amides is 1. The van der Waals surface area contributed by atoms with Crippen LogP contribution in [-0.4, -0.2) is 10.9 Å². The van der Waals surface area contributed by atoms with Crippen LogP contribution in [0.4, 0.5) is 17.1 Å². The lowest BCUT2D eigenvalue weighted by molar-refractivity contribution is 0.102. The Morgan fingerprint density at radius 3 is 2.28 bits per heavy atom. The van der Waals surface area contributed by atoms with Crippen molar-refractivity contribution in [2.45, 2.75) is 13.8 Å². The number of carbonyl (C=O) groups is 1. The molecule has 0 aliphatic rings. The van der Waals surface area contributed by atoms with Gasteiger partial charge in [-0.05, 0) is 55.8 Å². The molecule has 1 aromatic heterocycles. The van der Waals surface area contributed by atoms with Crippen molar-refractivity contribution in [3.05, 3.63) is 83.7 Å². The number of hydrogen-bond acceptors (Lipinski definition) is 4. The Morgan fingerprint density at radius 2 is 1.56 bits per heavy atom. The number of aromatic nitrogens is 1. The third kappa shape index (κ3) is 4.35. The number of rotatable bonds is 4. The van der Waals surface area contributed by atoms with Crippen molar-refractivity contribution in [1.29, 1.82) is 0 Å². The summed E-state index contributed by atoms with van der Waals surface area (Å²) >= 11 is 0. The molecule has 5 nitrogen and oxygen atoms in total. The second-order valence-electron chi connectivity index (χ2n) is 5.75. The van der Waals surface area contributed by atoms with Crippen molar-refractivity contribution < 1.29 is 4.79 Å². The van der Waals surface area contributed by atoms with Crippen LogP contribution in [0.25, 0.3) is 0 Å². The lowest BCUT2D eigenvalue weighted by Gasteiger charge is -2.08. The maximum Gasteiger partial charge on any atom is 0.255 e. The van der Waals surface area contributed by atoms with Crippen LogP contribution < -0.4 is 5.32 Å². The summed E-state index contributed by atoms with van der Waals surface area (Å²) in [5, 5.41) is 11.5. The molecule has 124 valence electrons. The Hall–Kier alpha value is -3.34. The number of hydrogen-bond donors (Lipinski definition) is 1. The molecule has 0 unspecified atom stereocenters. The first-order chi connectivity index (χ1) is 12.1. The van der Waals surface area contributed by atoms with Crippen LogP contribution in [0.2, 0.25) is 0 Å². The zero-order valence-electron chi connectivity index (χ0n) is 14.1. The summed E-state index contributed by atoms with van der Waals surface area (Å²) in [6.07, 6.45) is 3.17. The van der Waals surface area contributed by atoms with Crippen LogP contribution >= 0.6 is 0 Å². The summed E-state index contributed by atoms with van der Waals surface area (Å²) in [6.45, 7) is 3.99. The van der Waals surface area contributed by atoms with E-state index in [0.717, 1.165) is 11.3 Å². The van der Waals surface area contributed by atoms with Crippen molar-refractivity contribution >= 4 is 23.0 Å². The van der Waals surface area contributed by atoms with E-state index in [4.69, 9.17) is 0 Å². The number of anilines is 1. The summed E-state index contributed by atoms with van der Waals surface area (Å²) in [7, 11) is 0. The Balaban J connectivity index is 1.85. The number of nitrogens with zero attached hydrogens (tertiary/aromatic N) is 3. The average molecular weight is 330 g/mol. The molecular weight excluding hydrogens is 312 g/mol. The van der Waals surface area contributed by atoms with Crippen LogP contribution in [0.1, 0.15) is 21.5 Å². The zero-order valence-corrected chi connectivity index (χ0v) is 14.1. The molecular formula is C20H18N4O. The van der Waals surface area contributed by atoms with E-state index in [-0.39, 0.29) is 5.91 Å². The predicted octanol–water partition coefficient (Wildman–Crippen LogP) is 5.37. The molecule has 0 atom stereocenters. The Kier molecular flexibility index (Phi) is 4.95. The quantitative estimate of drug-likeness (QED) is 0.654. The summed E-state index contributed by atoms with van der Waals surface area (Å²) in [5.74, 6) is -0.210. The molecule has 1 heterocycles. The van der Waals surface area contributed by atoms with E-state index in [2.05, 4.69) is 20.5 Å². The number of benzene rings is 2. The molecule has 0 saturated carbocycles. The van der Waals surface area contributed by atoms with Gasteiger partial charge in [-0.2, -0.15) is 5.11 Å². The van der Waals surface area contributed by atoms with Gasteiger partial charge in [0.25, 0.3) is 5.91 Å². The molecule has 3 aromatic rings. The minimum absolute atomic E-state index is 0.210. The highest BCUT2D eigenvalue weighted by Crippen LogP contribution is 2.28. The average Bonchev–Trinajstić information content (AvgIpc) is 2.64.